The van der Waals surface area contributed by atoms with Crippen molar-refractivity contribution < 1.29 is 14.5 Å². The molecule has 0 radical (unpaired) electrons. The maximum Gasteiger partial charge on any atom is 0.269 e. The van der Waals surface area contributed by atoms with Gasteiger partial charge in [-0.05, 0) is 41.0 Å². The average Bonchev–Trinajstić information content (AvgIpc) is 2.72. The molecule has 3 aromatic carbocycles. The minimum atomic E-state index is -0.465. The molecule has 0 aliphatic carbocycles. The van der Waals surface area contributed by atoms with Crippen LogP contribution >= 0.6 is 34.8 Å². The van der Waals surface area contributed by atoms with E-state index in [1.54, 1.807) is 36.4 Å². The number of nitrogens with zero attached hydrogens (tertiary/aromatic N) is 2. The Labute approximate surface area is 187 Å². The van der Waals surface area contributed by atoms with Crippen molar-refractivity contribution in [2.75, 3.05) is 0 Å². The van der Waals surface area contributed by atoms with Crippen LogP contribution in [0.1, 0.15) is 16.7 Å². The summed E-state index contributed by atoms with van der Waals surface area (Å²) in [4.78, 5) is 15.5. The summed E-state index contributed by atoms with van der Waals surface area (Å²) in [6, 6.07) is 16.7. The van der Waals surface area contributed by atoms with Crippen LogP contribution in [0.3, 0.4) is 0 Å². The van der Waals surface area contributed by atoms with Crippen molar-refractivity contribution in [1.29, 1.82) is 0 Å². The Morgan fingerprint density at radius 3 is 2.30 bits per heavy atom. The second kappa shape index (κ2) is 10.3. The maximum absolute atomic E-state index is 10.8. The third kappa shape index (κ3) is 6.10. The van der Waals surface area contributed by atoms with Gasteiger partial charge in [0.05, 0.1) is 21.2 Å². The number of benzene rings is 3. The molecule has 0 atom stereocenters. The number of rotatable bonds is 8. The number of non-ortho nitro benzene ring substituents is 1. The van der Waals surface area contributed by atoms with Gasteiger partial charge < -0.3 is 9.57 Å². The molecule has 9 heteroatoms. The Bertz CT molecular complexity index is 1050. The largest absolute Gasteiger partial charge is 0.486 e. The van der Waals surface area contributed by atoms with E-state index in [-0.39, 0.29) is 18.9 Å². The first-order valence-corrected chi connectivity index (χ1v) is 9.81. The highest BCUT2D eigenvalue weighted by molar-refractivity contribution is 6.37. The molecule has 0 bridgehead atoms. The van der Waals surface area contributed by atoms with Gasteiger partial charge in [0, 0.05) is 17.2 Å². The van der Waals surface area contributed by atoms with E-state index in [2.05, 4.69) is 5.16 Å². The van der Waals surface area contributed by atoms with E-state index in [4.69, 9.17) is 44.4 Å². The highest BCUT2D eigenvalue weighted by Gasteiger charge is 2.10. The van der Waals surface area contributed by atoms with Gasteiger partial charge in [0.2, 0.25) is 0 Å². The van der Waals surface area contributed by atoms with Crippen molar-refractivity contribution in [3.8, 4) is 5.75 Å². The highest BCUT2D eigenvalue weighted by atomic mass is 35.5. The van der Waals surface area contributed by atoms with Crippen molar-refractivity contribution in [3.05, 3.63) is 103 Å². The lowest BCUT2D eigenvalue weighted by molar-refractivity contribution is -0.384. The Morgan fingerprint density at radius 2 is 1.63 bits per heavy atom. The van der Waals surface area contributed by atoms with Gasteiger partial charge in [0.25, 0.3) is 5.69 Å². The van der Waals surface area contributed by atoms with E-state index < -0.39 is 4.92 Å². The van der Waals surface area contributed by atoms with Gasteiger partial charge in [-0.25, -0.2) is 0 Å². The molecule has 6 nitrogen and oxygen atoms in total. The summed E-state index contributed by atoms with van der Waals surface area (Å²) >= 11 is 18.4. The molecule has 0 fully saturated rings. The van der Waals surface area contributed by atoms with Crippen molar-refractivity contribution in [1.82, 2.24) is 0 Å². The third-order valence-electron chi connectivity index (χ3n) is 3.95. The van der Waals surface area contributed by atoms with E-state index in [1.807, 2.05) is 12.1 Å². The van der Waals surface area contributed by atoms with Crippen LogP contribution in [0.4, 0.5) is 5.69 Å². The molecular weight excluding hydrogens is 451 g/mol. The number of ether oxygens (including phenoxy) is 1. The van der Waals surface area contributed by atoms with Crippen molar-refractivity contribution in [2.45, 2.75) is 13.2 Å². The van der Waals surface area contributed by atoms with Crippen LogP contribution in [0.25, 0.3) is 0 Å². The van der Waals surface area contributed by atoms with Crippen LogP contribution < -0.4 is 4.74 Å². The first kappa shape index (κ1) is 21.9. The topological polar surface area (TPSA) is 74.0 Å². The van der Waals surface area contributed by atoms with Gasteiger partial charge in [0.15, 0.2) is 5.75 Å². The smallest absolute Gasteiger partial charge is 0.269 e. The lowest BCUT2D eigenvalue weighted by Crippen LogP contribution is -1.97. The van der Waals surface area contributed by atoms with Crippen LogP contribution in [-0.4, -0.2) is 11.1 Å². The van der Waals surface area contributed by atoms with Gasteiger partial charge in [-0.3, -0.25) is 10.1 Å². The maximum atomic E-state index is 10.8. The quantitative estimate of drug-likeness (QED) is 0.211. The fourth-order valence-corrected chi connectivity index (χ4v) is 3.24. The molecule has 0 aliphatic heterocycles. The van der Waals surface area contributed by atoms with Crippen LogP contribution in [0.5, 0.6) is 5.75 Å². The summed E-state index contributed by atoms with van der Waals surface area (Å²) in [5, 5.41) is 16.0. The SMILES string of the molecule is O=[N+]([O-])c1cccc(CO/N=C\c2cc(Cl)c(OCc3ccc(Cl)cc3)c(Cl)c2)c1. The molecule has 3 rings (SSSR count). The number of halogens is 3. The Morgan fingerprint density at radius 1 is 0.933 bits per heavy atom. The number of oxime groups is 1. The summed E-state index contributed by atoms with van der Waals surface area (Å²) in [5.74, 6) is 0.364. The van der Waals surface area contributed by atoms with Crippen LogP contribution in [0.15, 0.2) is 65.8 Å². The van der Waals surface area contributed by atoms with Gasteiger partial charge >= 0.3 is 0 Å². The molecule has 0 aliphatic rings. The van der Waals surface area contributed by atoms with Crippen molar-refractivity contribution in [3.63, 3.8) is 0 Å². The second-order valence-corrected chi connectivity index (χ2v) is 7.41. The van der Waals surface area contributed by atoms with Gasteiger partial charge in [-0.1, -0.05) is 64.2 Å². The monoisotopic (exact) mass is 464 g/mol. The minimum absolute atomic E-state index is 0.00664. The van der Waals surface area contributed by atoms with E-state index in [1.165, 1.54) is 18.3 Å². The van der Waals surface area contributed by atoms with E-state index in [9.17, 15) is 10.1 Å². The molecule has 0 saturated heterocycles. The summed E-state index contributed by atoms with van der Waals surface area (Å²) < 4.78 is 5.72. The minimum Gasteiger partial charge on any atom is -0.486 e. The van der Waals surface area contributed by atoms with Gasteiger partial charge in [-0.15, -0.1) is 0 Å². The molecule has 0 spiro atoms. The average molecular weight is 466 g/mol. The summed E-state index contributed by atoms with van der Waals surface area (Å²) in [5.41, 5.74) is 2.16. The lowest BCUT2D eigenvalue weighted by atomic mass is 10.2. The predicted octanol–water partition coefficient (Wildman–Crippen LogP) is 6.68. The number of hydrogen-bond acceptors (Lipinski definition) is 5. The molecule has 0 saturated carbocycles. The normalized spacial score (nSPS) is 10.9. The third-order valence-corrected chi connectivity index (χ3v) is 4.76. The second-order valence-electron chi connectivity index (χ2n) is 6.16. The number of nitro groups is 1. The van der Waals surface area contributed by atoms with E-state index in [0.29, 0.717) is 31.9 Å². The Balaban J connectivity index is 1.59. The van der Waals surface area contributed by atoms with Gasteiger partial charge in [-0.2, -0.15) is 0 Å². The molecule has 0 unspecified atom stereocenters. The van der Waals surface area contributed by atoms with E-state index >= 15 is 0 Å². The zero-order chi connectivity index (χ0) is 21.5. The molecule has 3 aromatic rings. The predicted molar refractivity (Wildman–Crippen MR) is 118 cm³/mol. The van der Waals surface area contributed by atoms with Gasteiger partial charge in [0.1, 0.15) is 13.2 Å². The molecule has 0 amide bonds. The van der Waals surface area contributed by atoms with Crippen molar-refractivity contribution >= 4 is 46.7 Å². The number of nitro benzene ring substituents is 1. The molecule has 0 heterocycles. The summed E-state index contributed by atoms with van der Waals surface area (Å²) in [7, 11) is 0. The lowest BCUT2D eigenvalue weighted by Gasteiger charge is -2.11. The molecule has 30 heavy (non-hydrogen) atoms. The van der Waals surface area contributed by atoms with Crippen molar-refractivity contribution in [2.24, 2.45) is 5.16 Å². The van der Waals surface area contributed by atoms with E-state index in [0.717, 1.165) is 5.56 Å². The Kier molecular flexibility index (Phi) is 7.52. The zero-order valence-electron chi connectivity index (χ0n) is 15.4. The van der Waals surface area contributed by atoms with Crippen LogP contribution in [-0.2, 0) is 18.1 Å². The Hall–Kier alpha value is -2.80. The zero-order valence-corrected chi connectivity index (χ0v) is 17.7. The highest BCUT2D eigenvalue weighted by Crippen LogP contribution is 2.34. The molecule has 154 valence electrons. The standard InChI is InChI=1S/C21H15Cl3N2O4/c22-17-6-4-14(5-7-17)12-29-21-19(23)9-16(10-20(21)24)11-25-30-13-15-2-1-3-18(8-15)26(27)28/h1-11H,12-13H2/b25-11-. The molecule has 0 aromatic heterocycles. The fraction of sp³-hybridized carbons (Fsp3) is 0.0952. The first-order chi connectivity index (χ1) is 14.4. The summed E-state index contributed by atoms with van der Waals surface area (Å²) in [6.07, 6.45) is 1.44. The fourth-order valence-electron chi connectivity index (χ4n) is 2.50. The summed E-state index contributed by atoms with van der Waals surface area (Å²) in [6.45, 7) is 0.373. The van der Waals surface area contributed by atoms with Crippen LogP contribution in [0, 0.1) is 10.1 Å². The molecular formula is C21H15Cl3N2O4. The molecule has 0 N–H and O–H groups in total. The number of hydrogen-bond donors (Lipinski definition) is 0. The van der Waals surface area contributed by atoms with Crippen LogP contribution in [0.2, 0.25) is 15.1 Å². The first-order valence-electron chi connectivity index (χ1n) is 8.67.